The van der Waals surface area contributed by atoms with Gasteiger partial charge in [0.1, 0.15) is 6.42 Å². The summed E-state index contributed by atoms with van der Waals surface area (Å²) in [6.45, 7) is -2.26. The first-order valence-corrected chi connectivity index (χ1v) is 11.9. The Bertz CT molecular complexity index is 876. The standard InChI is InChI=1S/C7H8F8O.C5H8F4O.CH2F2O.2CH3FO3S.8CH4/c1-4(8,9)5(2,10)16-7(14,15)3-6(11,12)13;1-4(7,8)5(2,9)10-3-6;2-1-4-3;2*1-5-6(2,3)4;;;;;;;;/h3H2,1-2H3;3H2,1-2H3;1H2;2*1H3;8*1H4. The topological polar surface area (TPSA) is 114 Å². The average Bonchev–Trinajstić information content (AvgIpc) is 2.70. The van der Waals surface area contributed by atoms with Gasteiger partial charge in [0.2, 0.25) is 6.86 Å². The minimum Gasteiger partial charge on any atom is -0.309 e. The van der Waals surface area contributed by atoms with Crippen molar-refractivity contribution in [3.63, 3.8) is 0 Å². The van der Waals surface area contributed by atoms with E-state index in [0.29, 0.717) is 13.8 Å². The zero-order valence-corrected chi connectivity index (χ0v) is 23.3. The molecule has 0 amide bonds. The van der Waals surface area contributed by atoms with Crippen molar-refractivity contribution in [3.05, 3.63) is 0 Å². The van der Waals surface area contributed by atoms with Crippen LogP contribution >= 0.6 is 0 Å². The molecule has 0 saturated carbocycles. The highest BCUT2D eigenvalue weighted by molar-refractivity contribution is 7.81. The van der Waals surface area contributed by atoms with E-state index in [9.17, 15) is 69.4 Å². The van der Waals surface area contributed by atoms with Gasteiger partial charge in [-0.15, -0.1) is 0 Å². The molecule has 0 saturated heterocycles. The number of hydrogen-bond donors (Lipinski definition) is 0. The van der Waals surface area contributed by atoms with Gasteiger partial charge in [0, 0.05) is 27.7 Å². The van der Waals surface area contributed by atoms with Crippen LogP contribution in [0.5, 0.6) is 0 Å². The summed E-state index contributed by atoms with van der Waals surface area (Å²) in [5.41, 5.74) is 0. The highest BCUT2D eigenvalue weighted by Gasteiger charge is 2.57. The maximum absolute atomic E-state index is 12.8. The van der Waals surface area contributed by atoms with E-state index in [1.165, 1.54) is 0 Å². The van der Waals surface area contributed by atoms with Crippen molar-refractivity contribution >= 4 is 21.0 Å². The van der Waals surface area contributed by atoms with E-state index in [1.54, 1.807) is 0 Å². The molecule has 0 aromatic heterocycles. The van der Waals surface area contributed by atoms with Crippen LogP contribution in [0.15, 0.2) is 0 Å². The average molecular weight is 845 g/mol. The molecule has 0 aromatic carbocycles. The fourth-order valence-corrected chi connectivity index (χ4v) is 0.869. The van der Waals surface area contributed by atoms with Crippen molar-refractivity contribution in [1.82, 2.24) is 0 Å². The van der Waals surface area contributed by atoms with Gasteiger partial charge < -0.3 is 4.74 Å². The zero-order chi connectivity index (χ0) is 35.7. The molecule has 2 atom stereocenters. The molecule has 27 heteroatoms. The van der Waals surface area contributed by atoms with Crippen molar-refractivity contribution in [2.24, 2.45) is 0 Å². The Morgan fingerprint density at radius 2 is 0.740 bits per heavy atom. The molecule has 0 aromatic rings. The summed E-state index contributed by atoms with van der Waals surface area (Å²) in [5, 5.41) is 0. The van der Waals surface area contributed by atoms with Crippen LogP contribution in [-0.4, -0.2) is 80.6 Å². The maximum Gasteiger partial charge on any atom is 0.437 e. The van der Waals surface area contributed by atoms with E-state index >= 15 is 0 Å². The van der Waals surface area contributed by atoms with Crippen molar-refractivity contribution in [2.45, 2.75) is 129 Å². The number of alkyl halides is 13. The Balaban J connectivity index is -0.0000000322. The van der Waals surface area contributed by atoms with Gasteiger partial charge in [-0.2, -0.15) is 43.7 Å². The predicted octanol–water partition coefficient (Wildman–Crippen LogP) is 11.8. The quantitative estimate of drug-likeness (QED) is 0.157. The summed E-state index contributed by atoms with van der Waals surface area (Å²) >= 11 is 0. The third-order valence-corrected chi connectivity index (χ3v) is 3.88. The molecule has 0 bridgehead atoms. The second kappa shape index (κ2) is 34.7. The second-order valence-corrected chi connectivity index (χ2v) is 8.97. The lowest BCUT2D eigenvalue weighted by Crippen LogP contribution is -2.47. The van der Waals surface area contributed by atoms with Gasteiger partial charge >= 0.3 is 45.1 Å². The molecule has 0 aliphatic heterocycles. The van der Waals surface area contributed by atoms with Gasteiger partial charge in [0.25, 0.3) is 11.7 Å². The number of ether oxygens (including phenoxy) is 2. The second-order valence-electron chi connectivity index (χ2n) is 6.73. The fraction of sp³-hybridized carbons (Fsp3) is 1.00. The largest absolute Gasteiger partial charge is 0.437 e. The molecular formula is C23H56F16O9S2. The van der Waals surface area contributed by atoms with Crippen LogP contribution in [0, 0.1) is 0 Å². The molecule has 326 valence electrons. The van der Waals surface area contributed by atoms with E-state index in [1.807, 2.05) is 0 Å². The predicted molar refractivity (Wildman–Crippen MR) is 160 cm³/mol. The molecule has 0 heterocycles. The molecule has 0 aliphatic rings. The van der Waals surface area contributed by atoms with Crippen LogP contribution in [0.25, 0.3) is 0 Å². The van der Waals surface area contributed by atoms with E-state index < -0.39 is 77.0 Å². The Morgan fingerprint density at radius 3 is 0.840 bits per heavy atom. The molecule has 50 heavy (non-hydrogen) atoms. The normalized spacial score (nSPS) is 13.0. The Morgan fingerprint density at radius 1 is 0.520 bits per heavy atom. The lowest BCUT2D eigenvalue weighted by Gasteiger charge is -2.31. The minimum atomic E-state index is -5.36. The maximum atomic E-state index is 12.8. The van der Waals surface area contributed by atoms with E-state index in [0.717, 1.165) is 14.2 Å². The first-order valence-electron chi connectivity index (χ1n) is 9.29. The highest BCUT2D eigenvalue weighted by atomic mass is 32.3. The van der Waals surface area contributed by atoms with Crippen molar-refractivity contribution in [1.29, 1.82) is 0 Å². The molecule has 0 radical (unpaired) electrons. The molecule has 2 unspecified atom stereocenters. The van der Waals surface area contributed by atoms with Crippen LogP contribution < -0.4 is 0 Å². The van der Waals surface area contributed by atoms with Crippen molar-refractivity contribution < 1.29 is 109 Å². The van der Waals surface area contributed by atoms with Gasteiger partial charge in [-0.25, -0.2) is 43.5 Å². The van der Waals surface area contributed by atoms with E-state index in [2.05, 4.69) is 22.8 Å². The van der Waals surface area contributed by atoms with Gasteiger partial charge in [-0.05, 0) is 4.53 Å². The molecule has 0 rings (SSSR count). The van der Waals surface area contributed by atoms with Crippen molar-refractivity contribution in [2.75, 3.05) is 27.9 Å². The van der Waals surface area contributed by atoms with Crippen molar-refractivity contribution in [3.8, 4) is 0 Å². The smallest absolute Gasteiger partial charge is 0.309 e. The number of halogens is 16. The summed E-state index contributed by atoms with van der Waals surface area (Å²) < 4.78 is 236. The zero-order valence-electron chi connectivity index (χ0n) is 21.7. The van der Waals surface area contributed by atoms with Crippen LogP contribution in [0.2, 0.25) is 0 Å². The molecular weight excluding hydrogens is 788 g/mol. The third kappa shape index (κ3) is 61.8. The van der Waals surface area contributed by atoms with Gasteiger partial charge in [-0.3, -0.25) is 4.74 Å². The lowest BCUT2D eigenvalue weighted by molar-refractivity contribution is -0.391. The molecule has 9 nitrogen and oxygen atoms in total. The van der Waals surface area contributed by atoms with E-state index in [-0.39, 0.29) is 73.3 Å². The Kier molecular flexibility index (Phi) is 60.2. The first kappa shape index (κ1) is 86.9. The summed E-state index contributed by atoms with van der Waals surface area (Å²) in [4.78, 5) is 2.38. The summed E-state index contributed by atoms with van der Waals surface area (Å²) in [6.07, 6.45) is -13.3. The third-order valence-electron chi connectivity index (χ3n) is 3.08. The van der Waals surface area contributed by atoms with Gasteiger partial charge in [0.15, 0.2) is 6.86 Å². The Labute approximate surface area is 287 Å². The first-order chi connectivity index (χ1) is 18.0. The van der Waals surface area contributed by atoms with Crippen LogP contribution in [0.1, 0.15) is 93.5 Å². The van der Waals surface area contributed by atoms with Gasteiger partial charge in [-0.1, -0.05) is 67.2 Å². The Hall–Kier alpha value is -1.42. The summed E-state index contributed by atoms with van der Waals surface area (Å²) in [5.74, 6) is -15.5. The molecule has 0 aliphatic carbocycles. The fourth-order valence-electron chi connectivity index (χ4n) is 0.869. The minimum absolute atomic E-state index is 0. The number of rotatable bonds is 10. The molecule has 0 spiro atoms. The SMILES string of the molecule is C.C.C.C.C.C.C.C.CC(F)(F)C(C)(F)OC(F)(F)CC(F)(F)F.CC(F)(F)C(C)(F)OCF.COS(=O)(=O)F.COS(=O)(=O)F.FCOF. The molecule has 0 N–H and O–H groups in total. The summed E-state index contributed by atoms with van der Waals surface area (Å²) in [7, 11) is -7.83. The van der Waals surface area contributed by atoms with Crippen LogP contribution in [-0.2, 0) is 43.8 Å². The van der Waals surface area contributed by atoms with E-state index in [4.69, 9.17) is 16.8 Å². The number of hydrogen-bond acceptors (Lipinski definition) is 9. The van der Waals surface area contributed by atoms with Crippen LogP contribution in [0.4, 0.5) is 69.4 Å². The van der Waals surface area contributed by atoms with Crippen LogP contribution in [0.3, 0.4) is 0 Å². The highest BCUT2D eigenvalue weighted by Crippen LogP contribution is 2.41. The summed E-state index contributed by atoms with van der Waals surface area (Å²) in [6, 6.07) is 0. The monoisotopic (exact) mass is 844 g/mol. The lowest BCUT2D eigenvalue weighted by atomic mass is 10.2. The molecule has 0 fully saturated rings. The van der Waals surface area contributed by atoms with Gasteiger partial charge in [0.05, 0.1) is 14.2 Å².